The Morgan fingerprint density at radius 3 is 2.61 bits per heavy atom. The van der Waals surface area contributed by atoms with E-state index < -0.39 is 0 Å². The molecule has 0 heterocycles. The van der Waals surface area contributed by atoms with Crippen LogP contribution in [0.1, 0.15) is 26.7 Å². The molecule has 0 fully saturated rings. The average molecular weight is 270 g/mol. The summed E-state index contributed by atoms with van der Waals surface area (Å²) in [6, 6.07) is 7.13. The van der Waals surface area contributed by atoms with Crippen LogP contribution in [0.15, 0.2) is 24.3 Å². The number of ether oxygens (including phenoxy) is 1. The van der Waals surface area contributed by atoms with Crippen LogP contribution in [-0.4, -0.2) is 19.1 Å². The third kappa shape index (κ3) is 4.96. The molecule has 1 amide bonds. The van der Waals surface area contributed by atoms with Gasteiger partial charge in [-0.15, -0.1) is 0 Å². The normalized spacial score (nSPS) is 10.4. The predicted molar refractivity (Wildman–Crippen MR) is 74.0 cm³/mol. The molecule has 100 valence electrons. The summed E-state index contributed by atoms with van der Waals surface area (Å²) in [6.07, 6.45) is 2.14. The Balaban J connectivity index is 2.31. The Morgan fingerprint density at radius 2 is 2.00 bits per heavy atom. The third-order valence-corrected chi connectivity index (χ3v) is 3.25. The first-order chi connectivity index (χ1) is 8.67. The van der Waals surface area contributed by atoms with Crippen LogP contribution in [-0.2, 0) is 4.79 Å². The molecule has 1 aromatic rings. The van der Waals surface area contributed by atoms with E-state index in [9.17, 15) is 4.79 Å². The molecule has 18 heavy (non-hydrogen) atoms. The smallest absolute Gasteiger partial charge is 0.257 e. The zero-order valence-corrected chi connectivity index (χ0v) is 11.7. The van der Waals surface area contributed by atoms with E-state index in [2.05, 4.69) is 19.2 Å². The van der Waals surface area contributed by atoms with Gasteiger partial charge in [0.05, 0.1) is 5.02 Å². The Kier molecular flexibility index (Phi) is 6.58. The van der Waals surface area contributed by atoms with E-state index in [0.29, 0.717) is 23.2 Å². The number of rotatable bonds is 7. The molecule has 0 aliphatic carbocycles. The average Bonchev–Trinajstić information content (AvgIpc) is 2.39. The van der Waals surface area contributed by atoms with E-state index in [1.54, 1.807) is 12.1 Å². The SMILES string of the molecule is CCC(CC)CNC(=O)COc1ccccc1Cl. The van der Waals surface area contributed by atoms with Crippen molar-refractivity contribution in [2.24, 2.45) is 5.92 Å². The fourth-order valence-electron chi connectivity index (χ4n) is 1.59. The number of halogens is 1. The van der Waals surface area contributed by atoms with Crippen LogP contribution in [0.3, 0.4) is 0 Å². The van der Waals surface area contributed by atoms with E-state index in [0.717, 1.165) is 12.8 Å². The maximum atomic E-state index is 11.6. The summed E-state index contributed by atoms with van der Waals surface area (Å²) in [5.74, 6) is 0.966. The lowest BCUT2D eigenvalue weighted by Gasteiger charge is -2.13. The van der Waals surface area contributed by atoms with Crippen LogP contribution in [0.4, 0.5) is 0 Å². The van der Waals surface area contributed by atoms with Crippen molar-refractivity contribution in [3.63, 3.8) is 0 Å². The summed E-state index contributed by atoms with van der Waals surface area (Å²) in [6.45, 7) is 4.96. The topological polar surface area (TPSA) is 38.3 Å². The van der Waals surface area contributed by atoms with E-state index in [1.165, 1.54) is 0 Å². The van der Waals surface area contributed by atoms with E-state index in [1.807, 2.05) is 12.1 Å². The zero-order valence-electron chi connectivity index (χ0n) is 10.9. The number of amides is 1. The molecule has 0 unspecified atom stereocenters. The Bertz CT molecular complexity index is 378. The lowest BCUT2D eigenvalue weighted by atomic mass is 10.0. The van der Waals surface area contributed by atoms with Gasteiger partial charge in [0.2, 0.25) is 0 Å². The minimum atomic E-state index is -0.109. The van der Waals surface area contributed by atoms with Crippen molar-refractivity contribution >= 4 is 17.5 Å². The second-order valence-corrected chi connectivity index (χ2v) is 4.61. The minimum Gasteiger partial charge on any atom is -0.482 e. The second-order valence-electron chi connectivity index (χ2n) is 4.21. The molecule has 0 radical (unpaired) electrons. The van der Waals surface area contributed by atoms with E-state index in [-0.39, 0.29) is 12.5 Å². The number of para-hydroxylation sites is 1. The number of carbonyl (C=O) groups is 1. The summed E-state index contributed by atoms with van der Waals surface area (Å²) in [5.41, 5.74) is 0. The lowest BCUT2D eigenvalue weighted by molar-refractivity contribution is -0.123. The number of hydrogen-bond acceptors (Lipinski definition) is 2. The van der Waals surface area contributed by atoms with E-state index >= 15 is 0 Å². The van der Waals surface area contributed by atoms with Crippen molar-refractivity contribution in [2.75, 3.05) is 13.2 Å². The number of nitrogens with one attached hydrogen (secondary N) is 1. The minimum absolute atomic E-state index is 0.00385. The van der Waals surface area contributed by atoms with Crippen molar-refractivity contribution in [1.82, 2.24) is 5.32 Å². The summed E-state index contributed by atoms with van der Waals surface area (Å²) in [7, 11) is 0. The van der Waals surface area contributed by atoms with Crippen LogP contribution < -0.4 is 10.1 Å². The Morgan fingerprint density at radius 1 is 1.33 bits per heavy atom. The first-order valence-electron chi connectivity index (χ1n) is 6.31. The van der Waals surface area contributed by atoms with Crippen molar-refractivity contribution in [2.45, 2.75) is 26.7 Å². The molecule has 0 aliphatic heterocycles. The standard InChI is InChI=1S/C14H20ClNO2/c1-3-11(4-2)9-16-14(17)10-18-13-8-6-5-7-12(13)15/h5-8,11H,3-4,9-10H2,1-2H3,(H,16,17). The molecule has 0 spiro atoms. The lowest BCUT2D eigenvalue weighted by Crippen LogP contribution is -2.32. The highest BCUT2D eigenvalue weighted by molar-refractivity contribution is 6.32. The highest BCUT2D eigenvalue weighted by Crippen LogP contribution is 2.22. The van der Waals surface area contributed by atoms with Crippen LogP contribution in [0.5, 0.6) is 5.75 Å². The zero-order chi connectivity index (χ0) is 13.4. The Hall–Kier alpha value is -1.22. The monoisotopic (exact) mass is 269 g/mol. The highest BCUT2D eigenvalue weighted by atomic mass is 35.5. The predicted octanol–water partition coefficient (Wildman–Crippen LogP) is 3.27. The molecule has 0 saturated heterocycles. The molecule has 3 nitrogen and oxygen atoms in total. The van der Waals surface area contributed by atoms with Crippen molar-refractivity contribution in [3.8, 4) is 5.75 Å². The summed E-state index contributed by atoms with van der Waals surface area (Å²) < 4.78 is 5.35. The maximum absolute atomic E-state index is 11.6. The van der Waals surface area contributed by atoms with Gasteiger partial charge in [-0.25, -0.2) is 0 Å². The van der Waals surface area contributed by atoms with Crippen molar-refractivity contribution in [1.29, 1.82) is 0 Å². The van der Waals surface area contributed by atoms with Crippen molar-refractivity contribution in [3.05, 3.63) is 29.3 Å². The quantitative estimate of drug-likeness (QED) is 0.825. The number of benzene rings is 1. The van der Waals surface area contributed by atoms with Gasteiger partial charge >= 0.3 is 0 Å². The molecular formula is C14H20ClNO2. The van der Waals surface area contributed by atoms with Gasteiger partial charge in [-0.3, -0.25) is 4.79 Å². The fourth-order valence-corrected chi connectivity index (χ4v) is 1.78. The summed E-state index contributed by atoms with van der Waals surface area (Å²) >= 11 is 5.92. The first kappa shape index (κ1) is 14.8. The molecule has 1 rings (SSSR count). The molecule has 4 heteroatoms. The first-order valence-corrected chi connectivity index (χ1v) is 6.69. The van der Waals surface area contributed by atoms with Gasteiger partial charge in [0.1, 0.15) is 5.75 Å². The Labute approximate surface area is 113 Å². The van der Waals surface area contributed by atoms with Crippen molar-refractivity contribution < 1.29 is 9.53 Å². The molecule has 1 N–H and O–H groups in total. The van der Waals surface area contributed by atoms with Gasteiger partial charge in [-0.1, -0.05) is 50.4 Å². The van der Waals surface area contributed by atoms with Gasteiger partial charge in [0.25, 0.3) is 5.91 Å². The van der Waals surface area contributed by atoms with Gasteiger partial charge in [0.15, 0.2) is 6.61 Å². The molecular weight excluding hydrogens is 250 g/mol. The van der Waals surface area contributed by atoms with Gasteiger partial charge in [-0.2, -0.15) is 0 Å². The molecule has 0 atom stereocenters. The van der Waals surface area contributed by atoms with E-state index in [4.69, 9.17) is 16.3 Å². The highest BCUT2D eigenvalue weighted by Gasteiger charge is 2.08. The van der Waals surface area contributed by atoms with Crippen LogP contribution in [0.25, 0.3) is 0 Å². The van der Waals surface area contributed by atoms with Gasteiger partial charge < -0.3 is 10.1 Å². The third-order valence-electron chi connectivity index (χ3n) is 2.94. The van der Waals surface area contributed by atoms with Gasteiger partial charge in [-0.05, 0) is 18.1 Å². The summed E-state index contributed by atoms with van der Waals surface area (Å²) in [5, 5.41) is 3.39. The summed E-state index contributed by atoms with van der Waals surface area (Å²) in [4.78, 5) is 11.6. The maximum Gasteiger partial charge on any atom is 0.257 e. The van der Waals surface area contributed by atoms with Crippen LogP contribution in [0.2, 0.25) is 5.02 Å². The number of carbonyl (C=O) groups excluding carboxylic acids is 1. The molecule has 0 bridgehead atoms. The van der Waals surface area contributed by atoms with Crippen LogP contribution >= 0.6 is 11.6 Å². The largest absolute Gasteiger partial charge is 0.482 e. The fraction of sp³-hybridized carbons (Fsp3) is 0.500. The molecule has 0 aliphatic rings. The van der Waals surface area contributed by atoms with Gasteiger partial charge in [0, 0.05) is 6.54 Å². The molecule has 1 aromatic carbocycles. The molecule has 0 saturated carbocycles. The number of hydrogen-bond donors (Lipinski definition) is 1. The molecule has 0 aromatic heterocycles. The second kappa shape index (κ2) is 7.98. The van der Waals surface area contributed by atoms with Crippen LogP contribution in [0, 0.1) is 5.92 Å².